The number of likely N-dealkylation sites (tertiary alicyclic amines) is 1. The summed E-state index contributed by atoms with van der Waals surface area (Å²) in [7, 11) is 0. The van der Waals surface area contributed by atoms with E-state index in [2.05, 4.69) is 18.8 Å². The van der Waals surface area contributed by atoms with Crippen molar-refractivity contribution in [1.29, 1.82) is 0 Å². The monoisotopic (exact) mass is 377 g/mol. The van der Waals surface area contributed by atoms with Crippen LogP contribution in [-0.4, -0.2) is 44.5 Å². The third-order valence-electron chi connectivity index (χ3n) is 5.35. The number of carbonyl (C=O) groups is 2. The van der Waals surface area contributed by atoms with Gasteiger partial charge in [0.15, 0.2) is 0 Å². The molecule has 6 nitrogen and oxygen atoms in total. The van der Waals surface area contributed by atoms with E-state index in [0.717, 1.165) is 42.7 Å². The summed E-state index contributed by atoms with van der Waals surface area (Å²) in [5, 5.41) is 9.92. The lowest BCUT2D eigenvalue weighted by atomic mass is 9.84. The van der Waals surface area contributed by atoms with E-state index in [0.29, 0.717) is 5.56 Å². The number of amides is 1. The number of fused-ring (bicyclic) bond motifs is 1. The summed E-state index contributed by atoms with van der Waals surface area (Å²) in [4.78, 5) is 30.4. The van der Waals surface area contributed by atoms with Gasteiger partial charge in [0.1, 0.15) is 5.65 Å². The lowest BCUT2D eigenvalue weighted by molar-refractivity contribution is 0.0583. The van der Waals surface area contributed by atoms with E-state index in [1.807, 2.05) is 27.8 Å². The Labute approximate surface area is 163 Å². The summed E-state index contributed by atoms with van der Waals surface area (Å²) in [5.41, 5.74) is 2.55. The first kappa shape index (κ1) is 18.2. The van der Waals surface area contributed by atoms with Gasteiger partial charge in [0, 0.05) is 36.6 Å². The van der Waals surface area contributed by atoms with Crippen molar-refractivity contribution in [3.63, 3.8) is 0 Å². The molecule has 2 aromatic heterocycles. The first-order valence-electron chi connectivity index (χ1n) is 9.44. The number of carboxylic acid groups (broad SMARTS) is 1. The van der Waals surface area contributed by atoms with Crippen LogP contribution in [0.15, 0.2) is 48.8 Å². The van der Waals surface area contributed by atoms with Crippen LogP contribution >= 0.6 is 0 Å². The minimum Gasteiger partial charge on any atom is -0.478 e. The number of rotatable bonds is 3. The molecule has 0 atom stereocenters. The number of benzene rings is 1. The Kier molecular flexibility index (Phi) is 4.41. The van der Waals surface area contributed by atoms with Gasteiger partial charge in [0.05, 0.1) is 11.1 Å². The fraction of sp³-hybridized carbons (Fsp3) is 0.318. The average molecular weight is 377 g/mol. The maximum absolute atomic E-state index is 12.9. The summed E-state index contributed by atoms with van der Waals surface area (Å²) < 4.78 is 1.89. The minimum absolute atomic E-state index is 0.0285. The largest absolute Gasteiger partial charge is 0.478 e. The number of hydrogen-bond donors (Lipinski definition) is 1. The van der Waals surface area contributed by atoms with Gasteiger partial charge in [-0.25, -0.2) is 9.78 Å². The highest BCUT2D eigenvalue weighted by Gasteiger charge is 2.29. The quantitative estimate of drug-likeness (QED) is 0.749. The van der Waals surface area contributed by atoms with Crippen molar-refractivity contribution in [2.45, 2.75) is 26.7 Å². The third kappa shape index (κ3) is 3.38. The van der Waals surface area contributed by atoms with Crippen molar-refractivity contribution in [2.24, 2.45) is 5.41 Å². The van der Waals surface area contributed by atoms with E-state index >= 15 is 0 Å². The lowest BCUT2D eigenvalue weighted by Gasteiger charge is -2.38. The normalized spacial score (nSPS) is 16.3. The minimum atomic E-state index is -0.953. The van der Waals surface area contributed by atoms with Crippen LogP contribution in [0.25, 0.3) is 16.7 Å². The Morgan fingerprint density at radius 1 is 1.11 bits per heavy atom. The second-order valence-electron chi connectivity index (χ2n) is 8.17. The first-order valence-corrected chi connectivity index (χ1v) is 9.44. The Morgan fingerprint density at radius 2 is 1.86 bits per heavy atom. The number of pyridine rings is 1. The highest BCUT2D eigenvalue weighted by atomic mass is 16.4. The van der Waals surface area contributed by atoms with Crippen LogP contribution in [0.3, 0.4) is 0 Å². The predicted octanol–water partition coefficient (Wildman–Crippen LogP) is 3.99. The lowest BCUT2D eigenvalue weighted by Crippen LogP contribution is -2.43. The maximum Gasteiger partial charge on any atom is 0.335 e. The molecule has 0 aliphatic carbocycles. The van der Waals surface area contributed by atoms with Crippen molar-refractivity contribution in [1.82, 2.24) is 14.5 Å². The third-order valence-corrected chi connectivity index (χ3v) is 5.35. The summed E-state index contributed by atoms with van der Waals surface area (Å²) in [5.74, 6) is -0.924. The molecule has 28 heavy (non-hydrogen) atoms. The van der Waals surface area contributed by atoms with E-state index in [4.69, 9.17) is 5.11 Å². The summed E-state index contributed by atoms with van der Waals surface area (Å²) in [6.07, 6.45) is 5.68. The van der Waals surface area contributed by atoms with Crippen molar-refractivity contribution in [2.75, 3.05) is 13.1 Å². The van der Waals surface area contributed by atoms with E-state index in [1.165, 1.54) is 0 Å². The van der Waals surface area contributed by atoms with Gasteiger partial charge in [-0.05, 0) is 54.7 Å². The van der Waals surface area contributed by atoms with Gasteiger partial charge in [0.25, 0.3) is 5.91 Å². The van der Waals surface area contributed by atoms with E-state index in [-0.39, 0.29) is 16.9 Å². The zero-order valence-corrected chi connectivity index (χ0v) is 16.1. The second-order valence-corrected chi connectivity index (χ2v) is 8.17. The SMILES string of the molecule is CC1(C)CCCN(C(=O)c2cnc3c(ccn3-c3ccc(C(=O)O)cc3)c2)C1. The Bertz CT molecular complexity index is 1050. The topological polar surface area (TPSA) is 75.4 Å². The number of carbonyl (C=O) groups excluding carboxylic acids is 1. The molecule has 0 saturated carbocycles. The number of piperidine rings is 1. The number of aromatic nitrogens is 2. The summed E-state index contributed by atoms with van der Waals surface area (Å²) >= 11 is 0. The Hall–Kier alpha value is -3.15. The number of hydrogen-bond acceptors (Lipinski definition) is 3. The van der Waals surface area contributed by atoms with Gasteiger partial charge in [-0.15, -0.1) is 0 Å². The van der Waals surface area contributed by atoms with Crippen LogP contribution in [0.2, 0.25) is 0 Å². The van der Waals surface area contributed by atoms with Crippen LogP contribution < -0.4 is 0 Å². The molecule has 6 heteroatoms. The summed E-state index contributed by atoms with van der Waals surface area (Å²) in [6, 6.07) is 10.4. The molecule has 0 bridgehead atoms. The fourth-order valence-corrected chi connectivity index (χ4v) is 3.89. The van der Waals surface area contributed by atoms with Gasteiger partial charge in [0.2, 0.25) is 0 Å². The summed E-state index contributed by atoms with van der Waals surface area (Å²) in [6.45, 7) is 5.95. The Balaban J connectivity index is 1.62. The average Bonchev–Trinajstić information content (AvgIpc) is 3.10. The molecule has 3 heterocycles. The van der Waals surface area contributed by atoms with Gasteiger partial charge in [-0.3, -0.25) is 4.79 Å². The zero-order valence-electron chi connectivity index (χ0n) is 16.1. The highest BCUT2D eigenvalue weighted by Crippen LogP contribution is 2.29. The van der Waals surface area contributed by atoms with Crippen LogP contribution in [0.1, 0.15) is 47.4 Å². The first-order chi connectivity index (χ1) is 13.3. The Morgan fingerprint density at radius 3 is 2.54 bits per heavy atom. The fourth-order valence-electron chi connectivity index (χ4n) is 3.89. The van der Waals surface area contributed by atoms with Gasteiger partial charge in [-0.1, -0.05) is 13.8 Å². The van der Waals surface area contributed by atoms with Gasteiger partial charge >= 0.3 is 5.97 Å². The van der Waals surface area contributed by atoms with E-state index in [9.17, 15) is 9.59 Å². The predicted molar refractivity (Wildman–Crippen MR) is 107 cm³/mol. The second kappa shape index (κ2) is 6.78. The molecular formula is C22H23N3O3. The van der Waals surface area contributed by atoms with E-state index < -0.39 is 5.97 Å². The van der Waals surface area contributed by atoms with Crippen LogP contribution in [0.5, 0.6) is 0 Å². The molecule has 0 unspecified atom stereocenters. The van der Waals surface area contributed by atoms with Crippen molar-refractivity contribution in [3.05, 3.63) is 59.9 Å². The highest BCUT2D eigenvalue weighted by molar-refractivity contribution is 5.97. The molecule has 144 valence electrons. The van der Waals surface area contributed by atoms with Gasteiger partial charge in [-0.2, -0.15) is 0 Å². The molecule has 3 aromatic rings. The zero-order chi connectivity index (χ0) is 19.9. The smallest absolute Gasteiger partial charge is 0.335 e. The van der Waals surface area contributed by atoms with Gasteiger partial charge < -0.3 is 14.6 Å². The number of carboxylic acids is 1. The number of nitrogens with zero attached hydrogens (tertiary/aromatic N) is 3. The molecule has 0 radical (unpaired) electrons. The molecule has 4 rings (SSSR count). The number of aromatic carboxylic acids is 1. The van der Waals surface area contributed by atoms with Crippen molar-refractivity contribution >= 4 is 22.9 Å². The molecule has 1 aliphatic rings. The molecule has 0 spiro atoms. The molecule has 1 aromatic carbocycles. The molecule has 1 amide bonds. The van der Waals surface area contributed by atoms with Crippen LogP contribution in [0.4, 0.5) is 0 Å². The molecule has 1 saturated heterocycles. The molecular weight excluding hydrogens is 354 g/mol. The van der Waals surface area contributed by atoms with Crippen molar-refractivity contribution in [3.8, 4) is 5.69 Å². The molecule has 1 fully saturated rings. The van der Waals surface area contributed by atoms with E-state index in [1.54, 1.807) is 30.5 Å². The van der Waals surface area contributed by atoms with Crippen molar-refractivity contribution < 1.29 is 14.7 Å². The molecule has 1 N–H and O–H groups in total. The standard InChI is InChI=1S/C22H23N3O3/c1-22(2)9-3-10-24(14-22)20(26)17-12-16-8-11-25(19(16)23-13-17)18-6-4-15(5-7-18)21(27)28/h4-8,11-13H,3,9-10,14H2,1-2H3,(H,27,28). The van der Waals surface area contributed by atoms with Crippen LogP contribution in [0, 0.1) is 5.41 Å². The maximum atomic E-state index is 12.9. The molecule has 1 aliphatic heterocycles. The van der Waals surface area contributed by atoms with Crippen LogP contribution in [-0.2, 0) is 0 Å².